The summed E-state index contributed by atoms with van der Waals surface area (Å²) in [5, 5.41) is 9.37. The fraction of sp³-hybridized carbons (Fsp3) is 0.154. The molecule has 0 bridgehead atoms. The topological polar surface area (TPSA) is 0 Å². The first-order valence-electron chi connectivity index (χ1n) is 10.4. The molecule has 4 aromatic carbocycles. The first-order chi connectivity index (χ1) is 14.5. The Balaban J connectivity index is 1.85. The van der Waals surface area contributed by atoms with Crippen molar-refractivity contribution in [2.45, 2.75) is 22.9 Å². The molecule has 4 heteroatoms. The average molecular weight is 459 g/mol. The summed E-state index contributed by atoms with van der Waals surface area (Å²) in [6.45, 7) is 5.29. The van der Waals surface area contributed by atoms with Crippen molar-refractivity contribution in [1.82, 2.24) is 0 Å². The highest BCUT2D eigenvalue weighted by Crippen LogP contribution is 2.31. The third-order valence-corrected chi connectivity index (χ3v) is 26.1. The summed E-state index contributed by atoms with van der Waals surface area (Å²) in [5.41, 5.74) is 0. The van der Waals surface area contributed by atoms with Crippen molar-refractivity contribution in [2.24, 2.45) is 0 Å². The molecule has 0 aliphatic carbocycles. The zero-order valence-corrected chi connectivity index (χ0v) is 21.5. The van der Waals surface area contributed by atoms with Gasteiger partial charge in [-0.15, -0.1) is 23.5 Å². The summed E-state index contributed by atoms with van der Waals surface area (Å²) in [4.78, 5) is 2.69. The molecular weight excluding hydrogens is 433 g/mol. The molecule has 0 saturated carbocycles. The Morgan fingerprint density at radius 1 is 0.533 bits per heavy atom. The van der Waals surface area contributed by atoms with Crippen molar-refractivity contribution in [3.05, 3.63) is 84.9 Å². The second kappa shape index (κ2) is 7.45. The molecule has 0 aromatic heterocycles. The van der Waals surface area contributed by atoms with E-state index in [2.05, 4.69) is 111 Å². The van der Waals surface area contributed by atoms with Gasteiger partial charge in [-0.1, -0.05) is 84.1 Å². The van der Waals surface area contributed by atoms with Gasteiger partial charge < -0.3 is 0 Å². The Hall–Kier alpha value is -1.73. The molecule has 0 amide bonds. The molecule has 2 atom stereocenters. The van der Waals surface area contributed by atoms with Gasteiger partial charge in [-0.25, -0.2) is 0 Å². The molecule has 30 heavy (non-hydrogen) atoms. The SMILES string of the molecule is CSc1ccc([Si@]2(C)c3cccc4cccc(c34)[Si@@]2(C)c2ccc(SC)cc2)cc1. The number of hydrogen-bond acceptors (Lipinski definition) is 2. The number of hydrogen-bond donors (Lipinski definition) is 0. The average Bonchev–Trinajstić information content (AvgIpc) is 3.02. The van der Waals surface area contributed by atoms with Crippen molar-refractivity contribution in [3.63, 3.8) is 0 Å². The number of rotatable bonds is 4. The van der Waals surface area contributed by atoms with E-state index >= 15 is 0 Å². The van der Waals surface area contributed by atoms with Crippen LogP contribution in [0.1, 0.15) is 0 Å². The van der Waals surface area contributed by atoms with E-state index in [9.17, 15) is 0 Å². The smallest absolute Gasteiger partial charge is 0.119 e. The van der Waals surface area contributed by atoms with Crippen LogP contribution in [-0.2, 0) is 0 Å². The Morgan fingerprint density at radius 3 is 1.30 bits per heavy atom. The van der Waals surface area contributed by atoms with Crippen LogP contribution in [0.4, 0.5) is 0 Å². The van der Waals surface area contributed by atoms with Crippen LogP contribution in [0.3, 0.4) is 0 Å². The van der Waals surface area contributed by atoms with Gasteiger partial charge >= 0.3 is 0 Å². The van der Waals surface area contributed by atoms with E-state index in [0.717, 1.165) is 0 Å². The molecule has 1 aliphatic heterocycles. The van der Waals surface area contributed by atoms with E-state index < -0.39 is 15.2 Å². The lowest BCUT2D eigenvalue weighted by molar-refractivity contribution is 1.48. The minimum absolute atomic E-state index is 1.35. The fourth-order valence-electron chi connectivity index (χ4n) is 5.45. The molecule has 1 aliphatic rings. The molecule has 0 nitrogen and oxygen atoms in total. The summed E-state index contributed by atoms with van der Waals surface area (Å²) in [6, 6.07) is 33.1. The minimum atomic E-state index is -2.00. The van der Waals surface area contributed by atoms with Gasteiger partial charge in [0.2, 0.25) is 0 Å². The molecule has 1 heterocycles. The van der Waals surface area contributed by atoms with Crippen LogP contribution in [0.15, 0.2) is 94.7 Å². The highest BCUT2D eigenvalue weighted by Gasteiger charge is 2.58. The van der Waals surface area contributed by atoms with Gasteiger partial charge in [0.15, 0.2) is 0 Å². The van der Waals surface area contributed by atoms with Crippen LogP contribution in [-0.4, -0.2) is 27.7 Å². The van der Waals surface area contributed by atoms with E-state index in [0.29, 0.717) is 0 Å². The standard InChI is InChI=1S/C26H26S2Si2/c1-27-20-11-15-22(16-12-20)29(3)24-9-5-7-19-8-6-10-25(26(19)24)30(29,4)23-17-13-21(28-2)14-18-23/h5-18H,1-4H3/t29-,30-/m1/s1. The van der Waals surface area contributed by atoms with Crippen LogP contribution in [0.5, 0.6) is 0 Å². The molecule has 4 aromatic rings. The Labute approximate surface area is 189 Å². The second-order valence-corrected chi connectivity index (χ2v) is 22.9. The Bertz CT molecular complexity index is 1140. The molecule has 0 fully saturated rings. The lowest BCUT2D eigenvalue weighted by Gasteiger charge is -2.40. The second-order valence-electron chi connectivity index (χ2n) is 8.42. The maximum Gasteiger partial charge on any atom is 0.119 e. The van der Waals surface area contributed by atoms with Crippen molar-refractivity contribution in [2.75, 3.05) is 12.5 Å². The first-order valence-corrected chi connectivity index (χ1v) is 18.8. The molecule has 0 unspecified atom stereocenters. The van der Waals surface area contributed by atoms with Gasteiger partial charge in [-0.3, -0.25) is 0 Å². The van der Waals surface area contributed by atoms with E-state index in [1.807, 2.05) is 23.5 Å². The van der Waals surface area contributed by atoms with Gasteiger partial charge in [0.1, 0.15) is 15.2 Å². The highest BCUT2D eigenvalue weighted by molar-refractivity contribution is 7.98. The fourth-order valence-corrected chi connectivity index (χ4v) is 22.3. The monoisotopic (exact) mass is 458 g/mol. The molecular formula is C26H26S2Si2. The summed E-state index contributed by atoms with van der Waals surface area (Å²) >= 11 is 3.65. The normalized spacial score (nSPS) is 22.5. The zero-order chi connectivity index (χ0) is 20.9. The van der Waals surface area contributed by atoms with E-state index in [-0.39, 0.29) is 0 Å². The van der Waals surface area contributed by atoms with Gasteiger partial charge in [0, 0.05) is 9.79 Å². The highest BCUT2D eigenvalue weighted by atomic mass is 32.2. The van der Waals surface area contributed by atoms with Crippen LogP contribution in [0.2, 0.25) is 13.1 Å². The van der Waals surface area contributed by atoms with Crippen LogP contribution in [0, 0.1) is 0 Å². The molecule has 0 radical (unpaired) electrons. The lowest BCUT2D eigenvalue weighted by atomic mass is 10.1. The van der Waals surface area contributed by atoms with Crippen LogP contribution < -0.4 is 20.7 Å². The van der Waals surface area contributed by atoms with Gasteiger partial charge in [-0.05, 0) is 57.9 Å². The van der Waals surface area contributed by atoms with E-state index in [1.165, 1.54) is 15.2 Å². The Morgan fingerprint density at radius 2 is 0.933 bits per heavy atom. The van der Waals surface area contributed by atoms with Gasteiger partial charge in [-0.2, -0.15) is 0 Å². The summed E-state index contributed by atoms with van der Waals surface area (Å²) in [5.74, 6) is 0. The van der Waals surface area contributed by atoms with Gasteiger partial charge in [0.05, 0.1) is 0 Å². The molecule has 0 saturated heterocycles. The van der Waals surface area contributed by atoms with E-state index in [4.69, 9.17) is 0 Å². The molecule has 0 N–H and O–H groups in total. The summed E-state index contributed by atoms with van der Waals surface area (Å²) in [6.07, 6.45) is 4.32. The third kappa shape index (κ3) is 2.67. The summed E-state index contributed by atoms with van der Waals surface area (Å²) < 4.78 is 0. The number of benzene rings is 4. The van der Waals surface area contributed by atoms with Crippen molar-refractivity contribution >= 4 is 70.2 Å². The largest absolute Gasteiger partial charge is 0.130 e. The van der Waals surface area contributed by atoms with Crippen molar-refractivity contribution in [3.8, 4) is 0 Å². The van der Waals surface area contributed by atoms with Crippen LogP contribution in [0.25, 0.3) is 10.8 Å². The zero-order valence-electron chi connectivity index (χ0n) is 17.9. The predicted molar refractivity (Wildman–Crippen MR) is 142 cm³/mol. The quantitative estimate of drug-likeness (QED) is 0.319. The third-order valence-electron chi connectivity index (χ3n) is 7.32. The summed E-state index contributed by atoms with van der Waals surface area (Å²) in [7, 11) is -4.00. The van der Waals surface area contributed by atoms with E-state index in [1.54, 1.807) is 26.1 Å². The van der Waals surface area contributed by atoms with Crippen molar-refractivity contribution in [1.29, 1.82) is 0 Å². The molecule has 0 spiro atoms. The van der Waals surface area contributed by atoms with Crippen molar-refractivity contribution < 1.29 is 0 Å². The number of thioether (sulfide) groups is 2. The minimum Gasteiger partial charge on any atom is -0.130 e. The first kappa shape index (κ1) is 20.2. The molecule has 5 rings (SSSR count). The predicted octanol–water partition coefficient (Wildman–Crippen LogP) is 4.76. The Kier molecular flexibility index (Phi) is 5.01. The lowest BCUT2D eigenvalue weighted by Crippen LogP contribution is -2.79. The van der Waals surface area contributed by atoms with Crippen LogP contribution >= 0.6 is 23.5 Å². The maximum atomic E-state index is 2.64. The van der Waals surface area contributed by atoms with Gasteiger partial charge in [0.25, 0.3) is 0 Å². The maximum absolute atomic E-state index is 2.64. The molecule has 150 valence electrons.